The molecule has 39 heavy (non-hydrogen) atoms. The van der Waals surface area contributed by atoms with Gasteiger partial charge in [-0.25, -0.2) is 19.0 Å². The standard InChI is InChI=1S/C30H31FN2O5Si/c1-36-29(34)27-28(38-19-21-8-6-5-7-9-21)25-24(26(33-27)30(35)37-14-15-39(2,3)4)17-22(18-32-25)16-20-10-12-23(31)13-11-20/h5-13,17-18H,14-16,19H2,1-4H3. The molecular weight excluding hydrogens is 515 g/mol. The molecular formula is C30H31FN2O5Si. The van der Waals surface area contributed by atoms with Crippen molar-refractivity contribution in [1.29, 1.82) is 0 Å². The van der Waals surface area contributed by atoms with Crippen molar-refractivity contribution in [2.75, 3.05) is 13.7 Å². The fourth-order valence-corrected chi connectivity index (χ4v) is 4.63. The minimum absolute atomic E-state index is 0.0403. The molecule has 0 aliphatic rings. The average Bonchev–Trinajstić information content (AvgIpc) is 2.92. The molecule has 0 saturated carbocycles. The fraction of sp³-hybridized carbons (Fsp3) is 0.267. The highest BCUT2D eigenvalue weighted by atomic mass is 28.3. The predicted molar refractivity (Wildman–Crippen MR) is 149 cm³/mol. The number of carbonyl (C=O) groups excluding carboxylic acids is 2. The Labute approximate surface area is 228 Å². The molecule has 0 aliphatic heterocycles. The van der Waals surface area contributed by atoms with E-state index in [2.05, 4.69) is 29.6 Å². The summed E-state index contributed by atoms with van der Waals surface area (Å²) in [6.07, 6.45) is 2.09. The molecule has 0 atom stereocenters. The van der Waals surface area contributed by atoms with Gasteiger partial charge in [-0.2, -0.15) is 0 Å². The number of pyridine rings is 2. The van der Waals surface area contributed by atoms with Crippen LogP contribution >= 0.6 is 0 Å². The largest absolute Gasteiger partial charge is 0.484 e. The van der Waals surface area contributed by atoms with Crippen molar-refractivity contribution in [3.8, 4) is 5.75 Å². The minimum atomic E-state index is -1.45. The molecule has 2 aromatic carbocycles. The van der Waals surface area contributed by atoms with Crippen LogP contribution in [0.4, 0.5) is 4.39 Å². The molecule has 202 valence electrons. The van der Waals surface area contributed by atoms with E-state index in [0.717, 1.165) is 22.7 Å². The van der Waals surface area contributed by atoms with E-state index < -0.39 is 20.0 Å². The van der Waals surface area contributed by atoms with Gasteiger partial charge >= 0.3 is 11.9 Å². The first-order valence-electron chi connectivity index (χ1n) is 12.6. The molecule has 0 aliphatic carbocycles. The quantitative estimate of drug-likeness (QED) is 0.172. The number of hydrogen-bond donors (Lipinski definition) is 0. The Balaban J connectivity index is 1.80. The Morgan fingerprint density at radius 1 is 0.897 bits per heavy atom. The van der Waals surface area contributed by atoms with E-state index in [9.17, 15) is 14.0 Å². The van der Waals surface area contributed by atoms with E-state index in [-0.39, 0.29) is 36.2 Å². The van der Waals surface area contributed by atoms with Gasteiger partial charge < -0.3 is 14.2 Å². The van der Waals surface area contributed by atoms with Crippen molar-refractivity contribution in [2.24, 2.45) is 0 Å². The fourth-order valence-electron chi connectivity index (χ4n) is 3.91. The zero-order valence-corrected chi connectivity index (χ0v) is 23.5. The van der Waals surface area contributed by atoms with E-state index >= 15 is 0 Å². The van der Waals surface area contributed by atoms with Crippen LogP contribution in [0.2, 0.25) is 25.7 Å². The van der Waals surface area contributed by atoms with E-state index in [0.29, 0.717) is 17.3 Å². The first kappa shape index (κ1) is 27.9. The normalized spacial score (nSPS) is 11.3. The van der Waals surface area contributed by atoms with Gasteiger partial charge in [0.05, 0.1) is 13.7 Å². The highest BCUT2D eigenvalue weighted by Crippen LogP contribution is 2.32. The summed E-state index contributed by atoms with van der Waals surface area (Å²) in [5.74, 6) is -1.61. The molecule has 4 rings (SSSR count). The summed E-state index contributed by atoms with van der Waals surface area (Å²) in [5, 5.41) is 0.392. The van der Waals surface area contributed by atoms with Gasteiger partial charge in [0.1, 0.15) is 17.9 Å². The Morgan fingerprint density at radius 2 is 1.62 bits per heavy atom. The second-order valence-corrected chi connectivity index (χ2v) is 16.0. The number of carbonyl (C=O) groups is 2. The van der Waals surface area contributed by atoms with Gasteiger partial charge in [0.2, 0.25) is 0 Å². The molecule has 0 bridgehead atoms. The number of rotatable bonds is 10. The van der Waals surface area contributed by atoms with Crippen LogP contribution in [-0.4, -0.2) is 43.7 Å². The third-order valence-electron chi connectivity index (χ3n) is 6.06. The first-order valence-corrected chi connectivity index (χ1v) is 16.3. The molecule has 9 heteroatoms. The summed E-state index contributed by atoms with van der Waals surface area (Å²) in [6.45, 7) is 6.97. The Kier molecular flexibility index (Phi) is 8.71. The predicted octanol–water partition coefficient (Wildman–Crippen LogP) is 6.22. The maximum absolute atomic E-state index is 13.4. The van der Waals surface area contributed by atoms with Gasteiger partial charge in [-0.1, -0.05) is 62.1 Å². The smallest absolute Gasteiger partial charge is 0.360 e. The zero-order valence-electron chi connectivity index (χ0n) is 22.5. The number of hydrogen-bond acceptors (Lipinski definition) is 7. The molecule has 0 amide bonds. The highest BCUT2D eigenvalue weighted by molar-refractivity contribution is 6.76. The lowest BCUT2D eigenvalue weighted by Gasteiger charge is -2.17. The Bertz CT molecular complexity index is 1470. The topological polar surface area (TPSA) is 87.6 Å². The minimum Gasteiger partial charge on any atom is -0.484 e. The summed E-state index contributed by atoms with van der Waals surface area (Å²) in [4.78, 5) is 35.1. The van der Waals surface area contributed by atoms with Crippen molar-refractivity contribution in [2.45, 2.75) is 38.7 Å². The molecule has 0 unspecified atom stereocenters. The highest BCUT2D eigenvalue weighted by Gasteiger charge is 2.27. The molecule has 0 radical (unpaired) electrons. The van der Waals surface area contributed by atoms with Crippen LogP contribution in [0.5, 0.6) is 5.75 Å². The number of fused-ring (bicyclic) bond motifs is 1. The average molecular weight is 547 g/mol. The van der Waals surface area contributed by atoms with Crippen molar-refractivity contribution < 1.29 is 28.2 Å². The van der Waals surface area contributed by atoms with Crippen LogP contribution in [0.1, 0.15) is 37.7 Å². The Hall–Kier alpha value is -4.11. The van der Waals surface area contributed by atoms with Gasteiger partial charge in [0.25, 0.3) is 0 Å². The number of aromatic nitrogens is 2. The van der Waals surface area contributed by atoms with Crippen LogP contribution in [-0.2, 0) is 22.5 Å². The third-order valence-corrected chi connectivity index (χ3v) is 7.76. The molecule has 0 N–H and O–H groups in total. The van der Waals surface area contributed by atoms with Crippen molar-refractivity contribution in [1.82, 2.24) is 9.97 Å². The second-order valence-electron chi connectivity index (χ2n) is 10.4. The maximum Gasteiger partial charge on any atom is 0.360 e. The Morgan fingerprint density at radius 3 is 2.28 bits per heavy atom. The van der Waals surface area contributed by atoms with Crippen LogP contribution < -0.4 is 4.74 Å². The molecule has 0 saturated heterocycles. The summed E-state index contributed by atoms with van der Waals surface area (Å²) in [7, 11) is -0.216. The van der Waals surface area contributed by atoms with Gasteiger partial charge in [-0.3, -0.25) is 4.98 Å². The van der Waals surface area contributed by atoms with Gasteiger partial charge in [0, 0.05) is 19.7 Å². The second kappa shape index (κ2) is 12.2. The molecule has 0 fully saturated rings. The monoisotopic (exact) mass is 546 g/mol. The molecule has 2 heterocycles. The van der Waals surface area contributed by atoms with Gasteiger partial charge in [0.15, 0.2) is 17.1 Å². The number of benzene rings is 2. The van der Waals surface area contributed by atoms with Crippen LogP contribution in [0.15, 0.2) is 66.9 Å². The molecule has 2 aromatic heterocycles. The van der Waals surface area contributed by atoms with E-state index in [1.807, 2.05) is 30.3 Å². The number of ether oxygens (including phenoxy) is 3. The number of esters is 2. The van der Waals surface area contributed by atoms with E-state index in [4.69, 9.17) is 14.2 Å². The summed E-state index contributed by atoms with van der Waals surface area (Å²) in [5.41, 5.74) is 2.62. The number of methoxy groups -OCH3 is 1. The SMILES string of the molecule is COC(=O)c1nc(C(=O)OCC[Si](C)(C)C)c2cc(Cc3ccc(F)cc3)cnc2c1OCc1ccccc1. The maximum atomic E-state index is 13.4. The molecule has 7 nitrogen and oxygen atoms in total. The van der Waals surface area contributed by atoms with Gasteiger partial charge in [-0.05, 0) is 47.4 Å². The summed E-state index contributed by atoms with van der Waals surface area (Å²) >= 11 is 0. The van der Waals surface area contributed by atoms with Crippen molar-refractivity contribution in [3.63, 3.8) is 0 Å². The van der Waals surface area contributed by atoms with Crippen molar-refractivity contribution in [3.05, 3.63) is 101 Å². The van der Waals surface area contributed by atoms with Gasteiger partial charge in [-0.15, -0.1) is 0 Å². The lowest BCUT2D eigenvalue weighted by Crippen LogP contribution is -2.23. The third kappa shape index (κ3) is 7.26. The van der Waals surface area contributed by atoms with Crippen LogP contribution in [0.25, 0.3) is 10.9 Å². The lowest BCUT2D eigenvalue weighted by molar-refractivity contribution is 0.0520. The van der Waals surface area contributed by atoms with E-state index in [1.165, 1.54) is 19.2 Å². The zero-order chi connectivity index (χ0) is 28.0. The summed E-state index contributed by atoms with van der Waals surface area (Å²) < 4.78 is 30.0. The molecule has 4 aromatic rings. The summed E-state index contributed by atoms with van der Waals surface area (Å²) in [6, 6.07) is 18.2. The van der Waals surface area contributed by atoms with Crippen LogP contribution in [0, 0.1) is 5.82 Å². The van der Waals surface area contributed by atoms with Crippen LogP contribution in [0.3, 0.4) is 0 Å². The number of halogens is 1. The van der Waals surface area contributed by atoms with E-state index in [1.54, 1.807) is 24.4 Å². The first-order chi connectivity index (χ1) is 18.6. The molecule has 0 spiro atoms. The lowest BCUT2D eigenvalue weighted by atomic mass is 10.0. The number of nitrogens with zero attached hydrogens (tertiary/aromatic N) is 2. The van der Waals surface area contributed by atoms with Crippen molar-refractivity contribution >= 4 is 30.9 Å².